The first kappa shape index (κ1) is 16.2. The summed E-state index contributed by atoms with van der Waals surface area (Å²) in [4.78, 5) is 0. The summed E-state index contributed by atoms with van der Waals surface area (Å²) in [5, 5.41) is 2.84. The van der Waals surface area contributed by atoms with Gasteiger partial charge in [-0.1, -0.05) is 30.2 Å². The van der Waals surface area contributed by atoms with E-state index >= 15 is 0 Å². The maximum atomic E-state index is 12.8. The molecule has 2 unspecified atom stereocenters. The van der Waals surface area contributed by atoms with Crippen LogP contribution in [-0.4, -0.2) is 6.54 Å². The van der Waals surface area contributed by atoms with E-state index in [2.05, 4.69) is 25.2 Å². The van der Waals surface area contributed by atoms with E-state index in [4.69, 9.17) is 11.6 Å². The van der Waals surface area contributed by atoms with Crippen molar-refractivity contribution in [2.45, 2.75) is 32.9 Å². The number of alkyl halides is 3. The Morgan fingerprint density at radius 3 is 2.67 bits per heavy atom. The molecule has 1 N–H and O–H groups in total. The molecule has 1 aromatic rings. The molecule has 1 nitrogen and oxygen atoms in total. The highest BCUT2D eigenvalue weighted by Gasteiger charge is 2.33. The van der Waals surface area contributed by atoms with Gasteiger partial charge in [0.05, 0.1) is 10.6 Å². The van der Waals surface area contributed by atoms with Gasteiger partial charge in [0.1, 0.15) is 0 Å². The number of hydrogen-bond acceptors (Lipinski definition) is 1. The molecule has 1 aliphatic rings. The van der Waals surface area contributed by atoms with Crippen LogP contribution >= 0.6 is 11.6 Å². The second kappa shape index (κ2) is 6.30. The number of halogens is 4. The first-order chi connectivity index (χ1) is 9.75. The molecule has 0 aliphatic heterocycles. The van der Waals surface area contributed by atoms with Crippen LogP contribution in [0.2, 0.25) is 5.02 Å². The van der Waals surface area contributed by atoms with E-state index in [-0.39, 0.29) is 5.02 Å². The summed E-state index contributed by atoms with van der Waals surface area (Å²) in [5.41, 5.74) is 1.03. The molecule has 2 rings (SSSR count). The van der Waals surface area contributed by atoms with Gasteiger partial charge in [-0.15, -0.1) is 0 Å². The molecule has 2 atom stereocenters. The van der Waals surface area contributed by atoms with Crippen molar-refractivity contribution in [2.24, 2.45) is 11.8 Å². The number of rotatable bonds is 3. The molecule has 0 saturated heterocycles. The Hall–Kier alpha value is -1.16. The minimum Gasteiger partial charge on any atom is -0.385 e. The molecule has 0 fully saturated rings. The summed E-state index contributed by atoms with van der Waals surface area (Å²) >= 11 is 5.61. The Labute approximate surface area is 128 Å². The fraction of sp³-hybridized carbons (Fsp3) is 0.500. The summed E-state index contributed by atoms with van der Waals surface area (Å²) in [7, 11) is 0. The van der Waals surface area contributed by atoms with Crippen LogP contribution in [0.25, 0.3) is 0 Å². The minimum absolute atomic E-state index is 0.266. The van der Waals surface area contributed by atoms with Crippen molar-refractivity contribution in [2.75, 3.05) is 11.9 Å². The summed E-state index contributed by atoms with van der Waals surface area (Å²) in [6.45, 7) is 4.95. The molecule has 0 aromatic heterocycles. The molecule has 0 heterocycles. The largest absolute Gasteiger partial charge is 0.417 e. The third-order valence-corrected chi connectivity index (χ3v) is 4.08. The van der Waals surface area contributed by atoms with Crippen LogP contribution in [0.5, 0.6) is 0 Å². The highest BCUT2D eigenvalue weighted by Crippen LogP contribution is 2.36. The van der Waals surface area contributed by atoms with Crippen molar-refractivity contribution in [1.82, 2.24) is 0 Å². The van der Waals surface area contributed by atoms with Gasteiger partial charge in [-0.3, -0.25) is 0 Å². The Kier molecular flexibility index (Phi) is 4.87. The Bertz CT molecular complexity index is 537. The van der Waals surface area contributed by atoms with Gasteiger partial charge in [-0.2, -0.15) is 13.2 Å². The number of allylic oxidation sites excluding steroid dienone is 2. The van der Waals surface area contributed by atoms with Crippen LogP contribution in [0.3, 0.4) is 0 Å². The molecular formula is C16H19ClF3N. The second-order valence-corrected chi connectivity index (χ2v) is 6.28. The summed E-state index contributed by atoms with van der Waals surface area (Å²) in [5.74, 6) is 0.983. The predicted octanol–water partition coefficient (Wildman–Crippen LogP) is 5.76. The van der Waals surface area contributed by atoms with E-state index in [0.29, 0.717) is 24.1 Å². The van der Waals surface area contributed by atoms with Crippen LogP contribution in [0.1, 0.15) is 32.3 Å². The molecule has 5 heteroatoms. The number of hydrogen-bond donors (Lipinski definition) is 1. The van der Waals surface area contributed by atoms with E-state index in [0.717, 1.165) is 18.9 Å². The zero-order valence-corrected chi connectivity index (χ0v) is 12.9. The Morgan fingerprint density at radius 2 is 2.05 bits per heavy atom. The monoisotopic (exact) mass is 317 g/mol. The second-order valence-electron chi connectivity index (χ2n) is 5.87. The maximum absolute atomic E-state index is 12.8. The van der Waals surface area contributed by atoms with Gasteiger partial charge >= 0.3 is 6.18 Å². The van der Waals surface area contributed by atoms with E-state index in [1.807, 2.05) is 0 Å². The highest BCUT2D eigenvalue weighted by atomic mass is 35.5. The summed E-state index contributed by atoms with van der Waals surface area (Å²) < 4.78 is 38.4. The standard InChI is InChI=1S/C16H19ClF3N/c1-10-5-11(2)7-12(6-10)9-21-13-3-4-15(17)14(8-13)16(18,19)20/h3-5,8,10,12,21H,6-7,9H2,1-2H3. The molecule has 116 valence electrons. The van der Waals surface area contributed by atoms with Crippen LogP contribution in [0.15, 0.2) is 29.8 Å². The average Bonchev–Trinajstić information content (AvgIpc) is 2.35. The average molecular weight is 318 g/mol. The van der Waals surface area contributed by atoms with Crippen molar-refractivity contribution in [3.05, 3.63) is 40.4 Å². The number of nitrogens with one attached hydrogen (secondary N) is 1. The molecule has 1 aliphatic carbocycles. The zero-order chi connectivity index (χ0) is 15.6. The van der Waals surface area contributed by atoms with Crippen molar-refractivity contribution >= 4 is 17.3 Å². The normalized spacial score (nSPS) is 22.9. The lowest BCUT2D eigenvalue weighted by Crippen LogP contribution is -2.20. The fourth-order valence-corrected chi connectivity index (χ4v) is 3.18. The van der Waals surface area contributed by atoms with Crippen LogP contribution in [0.4, 0.5) is 18.9 Å². The summed E-state index contributed by atoms with van der Waals surface area (Å²) in [6, 6.07) is 3.96. The Morgan fingerprint density at radius 1 is 1.33 bits per heavy atom. The molecule has 0 radical (unpaired) electrons. The van der Waals surface area contributed by atoms with E-state index in [9.17, 15) is 13.2 Å². The lowest BCUT2D eigenvalue weighted by Gasteiger charge is -2.26. The zero-order valence-electron chi connectivity index (χ0n) is 12.1. The van der Waals surface area contributed by atoms with Crippen LogP contribution in [0, 0.1) is 11.8 Å². The topological polar surface area (TPSA) is 12.0 Å². The fourth-order valence-electron chi connectivity index (χ4n) is 2.96. The van der Waals surface area contributed by atoms with Crippen molar-refractivity contribution < 1.29 is 13.2 Å². The molecule has 1 aromatic carbocycles. The first-order valence-corrected chi connectivity index (χ1v) is 7.41. The van der Waals surface area contributed by atoms with Crippen LogP contribution < -0.4 is 5.32 Å². The third kappa shape index (κ3) is 4.40. The summed E-state index contributed by atoms with van der Waals surface area (Å²) in [6.07, 6.45) is -0.102. The lowest BCUT2D eigenvalue weighted by atomic mass is 9.84. The smallest absolute Gasteiger partial charge is 0.385 e. The highest BCUT2D eigenvalue weighted by molar-refractivity contribution is 6.31. The van der Waals surface area contributed by atoms with Crippen molar-refractivity contribution in [1.29, 1.82) is 0 Å². The van der Waals surface area contributed by atoms with Crippen molar-refractivity contribution in [3.8, 4) is 0 Å². The van der Waals surface area contributed by atoms with Gasteiger partial charge in [-0.05, 0) is 49.8 Å². The molecule has 0 saturated carbocycles. The van der Waals surface area contributed by atoms with Gasteiger partial charge in [-0.25, -0.2) is 0 Å². The third-order valence-electron chi connectivity index (χ3n) is 3.75. The van der Waals surface area contributed by atoms with Gasteiger partial charge in [0.25, 0.3) is 0 Å². The number of benzene rings is 1. The van der Waals surface area contributed by atoms with Gasteiger partial charge in [0.15, 0.2) is 0 Å². The number of anilines is 1. The Balaban J connectivity index is 2.03. The molecule has 0 bridgehead atoms. The molecule has 21 heavy (non-hydrogen) atoms. The van der Waals surface area contributed by atoms with Crippen LogP contribution in [-0.2, 0) is 6.18 Å². The first-order valence-electron chi connectivity index (χ1n) is 7.03. The lowest BCUT2D eigenvalue weighted by molar-refractivity contribution is -0.137. The van der Waals surface area contributed by atoms with E-state index in [1.54, 1.807) is 6.07 Å². The molecular weight excluding hydrogens is 299 g/mol. The van der Waals surface area contributed by atoms with E-state index in [1.165, 1.54) is 11.6 Å². The quantitative estimate of drug-likeness (QED) is 0.698. The molecule has 0 spiro atoms. The van der Waals surface area contributed by atoms with Gasteiger partial charge in [0, 0.05) is 12.2 Å². The maximum Gasteiger partial charge on any atom is 0.417 e. The van der Waals surface area contributed by atoms with E-state index < -0.39 is 11.7 Å². The SMILES string of the molecule is CC1=CC(C)CC(CNc2ccc(Cl)c(C(F)(F)F)c2)C1. The molecule has 0 amide bonds. The predicted molar refractivity (Wildman–Crippen MR) is 80.6 cm³/mol. The van der Waals surface area contributed by atoms with Gasteiger partial charge < -0.3 is 5.32 Å². The van der Waals surface area contributed by atoms with Crippen molar-refractivity contribution in [3.63, 3.8) is 0 Å². The minimum atomic E-state index is -4.42. The van der Waals surface area contributed by atoms with Gasteiger partial charge in [0.2, 0.25) is 0 Å².